The molecular formula is C21H19BrF2N4O2S. The number of nitrogens with one attached hydrogen (secondary N) is 1. The molecule has 0 aliphatic rings. The van der Waals surface area contributed by atoms with Gasteiger partial charge in [0.15, 0.2) is 17.1 Å². The molecule has 0 spiro atoms. The van der Waals surface area contributed by atoms with Gasteiger partial charge in [-0.25, -0.2) is 8.78 Å². The Kier molecular flexibility index (Phi) is 7.80. The third-order valence-corrected chi connectivity index (χ3v) is 5.58. The van der Waals surface area contributed by atoms with Crippen LogP contribution < -0.4 is 10.1 Å². The van der Waals surface area contributed by atoms with Gasteiger partial charge in [-0.15, -0.1) is 16.8 Å². The van der Waals surface area contributed by atoms with Gasteiger partial charge in [0.1, 0.15) is 17.4 Å². The molecule has 31 heavy (non-hydrogen) atoms. The number of thioether (sulfide) groups is 1. The van der Waals surface area contributed by atoms with Crippen LogP contribution in [-0.2, 0) is 11.3 Å². The number of rotatable bonds is 9. The van der Waals surface area contributed by atoms with Crippen LogP contribution in [0.15, 0.2) is 64.7 Å². The van der Waals surface area contributed by atoms with E-state index in [1.807, 2.05) is 31.2 Å². The molecule has 0 saturated heterocycles. The number of aromatic nitrogens is 3. The highest BCUT2D eigenvalue weighted by atomic mass is 79.9. The fraction of sp³-hybridized carbons (Fsp3) is 0.190. The van der Waals surface area contributed by atoms with Gasteiger partial charge >= 0.3 is 0 Å². The maximum atomic E-state index is 13.7. The van der Waals surface area contributed by atoms with E-state index >= 15 is 0 Å². The van der Waals surface area contributed by atoms with Crippen LogP contribution in [0.1, 0.15) is 18.9 Å². The van der Waals surface area contributed by atoms with Crippen molar-refractivity contribution in [3.63, 3.8) is 0 Å². The molecule has 3 rings (SSSR count). The highest BCUT2D eigenvalue weighted by Crippen LogP contribution is 2.26. The molecule has 0 radical (unpaired) electrons. The average molecular weight is 509 g/mol. The fourth-order valence-corrected chi connectivity index (χ4v) is 3.70. The second-order valence-corrected chi connectivity index (χ2v) is 8.27. The maximum absolute atomic E-state index is 13.7. The van der Waals surface area contributed by atoms with Gasteiger partial charge in [-0.1, -0.05) is 33.8 Å². The van der Waals surface area contributed by atoms with Crippen LogP contribution in [0.4, 0.5) is 14.5 Å². The predicted octanol–water partition coefficient (Wildman–Crippen LogP) is 5.38. The Hall–Kier alpha value is -2.72. The number of hydrogen-bond acceptors (Lipinski definition) is 5. The summed E-state index contributed by atoms with van der Waals surface area (Å²) in [6, 6.07) is 10.4. The summed E-state index contributed by atoms with van der Waals surface area (Å²) in [6.07, 6.45) is 1.29. The predicted molar refractivity (Wildman–Crippen MR) is 119 cm³/mol. The van der Waals surface area contributed by atoms with Gasteiger partial charge in [0.2, 0.25) is 5.91 Å². The van der Waals surface area contributed by atoms with Gasteiger partial charge in [-0.05, 0) is 43.3 Å². The third kappa shape index (κ3) is 6.14. The Morgan fingerprint density at radius 1 is 1.29 bits per heavy atom. The molecule has 1 N–H and O–H groups in total. The summed E-state index contributed by atoms with van der Waals surface area (Å²) in [5, 5.41) is 11.3. The Balaban J connectivity index is 1.67. The van der Waals surface area contributed by atoms with Crippen molar-refractivity contribution in [1.29, 1.82) is 0 Å². The smallest absolute Gasteiger partial charge is 0.234 e. The number of ether oxygens (including phenoxy) is 1. The van der Waals surface area contributed by atoms with E-state index in [0.717, 1.165) is 22.3 Å². The monoisotopic (exact) mass is 508 g/mol. The number of allylic oxidation sites excluding steroid dienone is 1. The molecule has 1 atom stereocenters. The average Bonchev–Trinajstić information content (AvgIpc) is 3.13. The first kappa shape index (κ1) is 23.0. The minimum Gasteiger partial charge on any atom is -0.483 e. The molecule has 6 nitrogen and oxygen atoms in total. The summed E-state index contributed by atoms with van der Waals surface area (Å²) in [4.78, 5) is 12.2. The highest BCUT2D eigenvalue weighted by Gasteiger charge is 2.20. The van der Waals surface area contributed by atoms with Crippen molar-refractivity contribution < 1.29 is 18.3 Å². The Bertz CT molecular complexity index is 1080. The first-order valence-corrected chi connectivity index (χ1v) is 11.0. The van der Waals surface area contributed by atoms with Crippen LogP contribution in [0.25, 0.3) is 0 Å². The van der Waals surface area contributed by atoms with Crippen LogP contribution >= 0.6 is 27.7 Å². The molecule has 1 amide bonds. The molecule has 0 aliphatic carbocycles. The number of hydrogen-bond donors (Lipinski definition) is 1. The highest BCUT2D eigenvalue weighted by molar-refractivity contribution is 9.10. The number of carbonyl (C=O) groups excluding carboxylic acids is 1. The lowest BCUT2D eigenvalue weighted by atomic mass is 10.3. The quantitative estimate of drug-likeness (QED) is 0.310. The third-order valence-electron chi connectivity index (χ3n) is 4.08. The molecule has 0 saturated carbocycles. The van der Waals surface area contributed by atoms with E-state index in [-0.39, 0.29) is 11.4 Å². The van der Waals surface area contributed by atoms with Crippen molar-refractivity contribution >= 4 is 39.3 Å². The van der Waals surface area contributed by atoms with E-state index in [0.29, 0.717) is 29.3 Å². The summed E-state index contributed by atoms with van der Waals surface area (Å²) >= 11 is 4.52. The lowest BCUT2D eigenvalue weighted by Gasteiger charge is -2.15. The van der Waals surface area contributed by atoms with Gasteiger partial charge in [-0.2, -0.15) is 0 Å². The first-order valence-electron chi connectivity index (χ1n) is 9.21. The minimum absolute atomic E-state index is 0.0337. The molecule has 1 heterocycles. The van der Waals surface area contributed by atoms with Crippen molar-refractivity contribution in [3.05, 3.63) is 77.1 Å². The van der Waals surface area contributed by atoms with E-state index in [2.05, 4.69) is 38.0 Å². The summed E-state index contributed by atoms with van der Waals surface area (Å²) in [5.41, 5.74) is -0.0863. The number of carbonyl (C=O) groups is 1. The summed E-state index contributed by atoms with van der Waals surface area (Å²) in [6.45, 7) is 6.03. The zero-order valence-electron chi connectivity index (χ0n) is 16.5. The fourth-order valence-electron chi connectivity index (χ4n) is 2.69. The Morgan fingerprint density at radius 3 is 2.71 bits per heavy atom. The number of amides is 1. The normalized spacial score (nSPS) is 11.7. The minimum atomic E-state index is -0.839. The lowest BCUT2D eigenvalue weighted by molar-refractivity contribution is -0.113. The molecule has 10 heteroatoms. The van der Waals surface area contributed by atoms with E-state index in [1.165, 1.54) is 6.07 Å². The van der Waals surface area contributed by atoms with Crippen LogP contribution in [0.5, 0.6) is 5.75 Å². The zero-order chi connectivity index (χ0) is 22.4. The van der Waals surface area contributed by atoms with Gasteiger partial charge in [0.25, 0.3) is 0 Å². The molecule has 0 aliphatic heterocycles. The molecule has 0 fully saturated rings. The van der Waals surface area contributed by atoms with E-state index in [1.54, 1.807) is 10.6 Å². The van der Waals surface area contributed by atoms with Crippen molar-refractivity contribution in [2.45, 2.75) is 24.7 Å². The summed E-state index contributed by atoms with van der Waals surface area (Å²) in [7, 11) is 0. The van der Waals surface area contributed by atoms with Crippen molar-refractivity contribution in [3.8, 4) is 5.75 Å². The lowest BCUT2D eigenvalue weighted by Crippen LogP contribution is -2.16. The van der Waals surface area contributed by atoms with Crippen molar-refractivity contribution in [2.75, 3.05) is 11.1 Å². The van der Waals surface area contributed by atoms with Crippen molar-refractivity contribution in [2.24, 2.45) is 0 Å². The largest absolute Gasteiger partial charge is 0.483 e. The zero-order valence-corrected chi connectivity index (χ0v) is 18.9. The van der Waals surface area contributed by atoms with Crippen LogP contribution in [-0.4, -0.2) is 26.4 Å². The van der Waals surface area contributed by atoms with E-state index in [9.17, 15) is 13.6 Å². The second-order valence-electron chi connectivity index (χ2n) is 6.42. The van der Waals surface area contributed by atoms with E-state index in [4.69, 9.17) is 4.74 Å². The van der Waals surface area contributed by atoms with Gasteiger partial charge in [-0.3, -0.25) is 9.36 Å². The topological polar surface area (TPSA) is 69.0 Å². The van der Waals surface area contributed by atoms with Crippen molar-refractivity contribution in [1.82, 2.24) is 14.8 Å². The summed E-state index contributed by atoms with van der Waals surface area (Å²) < 4.78 is 35.4. The standard InChI is InChI=1S/C21H19BrF2N4O2S/c1-3-10-28-20(13(2)30-16-7-4-14(22)5-8-16)26-27-21(28)31-12-19(29)25-18-9-6-15(23)11-17(18)24/h3-9,11,13H,1,10,12H2,2H3,(H,25,29). The van der Waals surface area contributed by atoms with Crippen LogP contribution in [0, 0.1) is 11.6 Å². The molecular weight excluding hydrogens is 490 g/mol. The summed E-state index contributed by atoms with van der Waals surface area (Å²) in [5.74, 6) is -0.782. The Morgan fingerprint density at radius 2 is 2.03 bits per heavy atom. The molecule has 3 aromatic rings. The van der Waals surface area contributed by atoms with E-state index < -0.39 is 23.6 Å². The van der Waals surface area contributed by atoms with Gasteiger partial charge in [0, 0.05) is 17.1 Å². The Labute approximate surface area is 190 Å². The molecule has 162 valence electrons. The van der Waals surface area contributed by atoms with Crippen LogP contribution in [0.3, 0.4) is 0 Å². The van der Waals surface area contributed by atoms with Crippen LogP contribution in [0.2, 0.25) is 0 Å². The number of benzene rings is 2. The molecule has 1 aromatic heterocycles. The molecule has 2 aromatic carbocycles. The first-order chi connectivity index (χ1) is 14.9. The van der Waals surface area contributed by atoms with Gasteiger partial charge in [0.05, 0.1) is 11.4 Å². The number of anilines is 1. The SMILES string of the molecule is C=CCn1c(SCC(=O)Nc2ccc(F)cc2F)nnc1C(C)Oc1ccc(Br)cc1. The second kappa shape index (κ2) is 10.5. The maximum Gasteiger partial charge on any atom is 0.234 e. The molecule has 1 unspecified atom stereocenters. The number of halogens is 3. The number of nitrogens with zero attached hydrogens (tertiary/aromatic N) is 3. The van der Waals surface area contributed by atoms with Gasteiger partial charge < -0.3 is 10.1 Å². The molecule has 0 bridgehead atoms.